The summed E-state index contributed by atoms with van der Waals surface area (Å²) in [6.45, 7) is 0.735. The van der Waals surface area contributed by atoms with E-state index < -0.39 is 0 Å². The van der Waals surface area contributed by atoms with Gasteiger partial charge in [0.05, 0.1) is 0 Å². The van der Waals surface area contributed by atoms with Gasteiger partial charge in [-0.05, 0) is 49.9 Å². The molecule has 26 heavy (non-hydrogen) atoms. The van der Waals surface area contributed by atoms with Gasteiger partial charge in [0.2, 0.25) is 11.7 Å². The van der Waals surface area contributed by atoms with Crippen LogP contribution in [0.1, 0.15) is 56.9 Å². The third-order valence-corrected chi connectivity index (χ3v) is 5.80. The molecule has 1 saturated carbocycles. The molecule has 2 aliphatic rings. The normalized spacial score (nSPS) is 21.1. The number of aromatic nitrogens is 2. The molecule has 2 aromatic rings. The van der Waals surface area contributed by atoms with E-state index in [2.05, 4.69) is 31.4 Å². The maximum Gasteiger partial charge on any atom is 0.318 e. The van der Waals surface area contributed by atoms with Crippen molar-refractivity contribution in [3.63, 3.8) is 0 Å². The zero-order chi connectivity index (χ0) is 17.9. The van der Waals surface area contributed by atoms with Crippen molar-refractivity contribution in [2.75, 3.05) is 6.54 Å². The van der Waals surface area contributed by atoms with Crippen LogP contribution in [0.5, 0.6) is 0 Å². The van der Waals surface area contributed by atoms with Gasteiger partial charge < -0.3 is 14.7 Å². The fourth-order valence-corrected chi connectivity index (χ4v) is 4.12. The first-order chi connectivity index (χ1) is 12.7. The van der Waals surface area contributed by atoms with Gasteiger partial charge in [-0.2, -0.15) is 4.98 Å². The highest BCUT2D eigenvalue weighted by molar-refractivity contribution is 9.10. The first-order valence-corrected chi connectivity index (χ1v) is 10.2. The molecule has 2 amide bonds. The molecular formula is C19H23BrN4O2. The van der Waals surface area contributed by atoms with Gasteiger partial charge in [0, 0.05) is 22.6 Å². The third-order valence-electron chi connectivity index (χ3n) is 5.28. The molecule has 2 fully saturated rings. The van der Waals surface area contributed by atoms with E-state index in [0.29, 0.717) is 17.8 Å². The maximum atomic E-state index is 12.7. The standard InChI is InChI=1S/C19H23BrN4O2/c20-14-10-8-13(9-11-14)17-22-18(26-23-17)16-7-4-12-24(16)19(25)21-15-5-2-1-3-6-15/h8-11,15-16H,1-7,12H2,(H,21,25). The van der Waals surface area contributed by atoms with Gasteiger partial charge in [-0.25, -0.2) is 4.79 Å². The molecule has 1 aromatic carbocycles. The summed E-state index contributed by atoms with van der Waals surface area (Å²) in [4.78, 5) is 19.1. The minimum atomic E-state index is -0.129. The van der Waals surface area contributed by atoms with Crippen LogP contribution in [-0.4, -0.2) is 33.7 Å². The van der Waals surface area contributed by atoms with Crippen molar-refractivity contribution in [3.8, 4) is 11.4 Å². The Hall–Kier alpha value is -1.89. The lowest BCUT2D eigenvalue weighted by Crippen LogP contribution is -2.45. The molecule has 1 saturated heterocycles. The Kier molecular flexibility index (Phi) is 5.24. The monoisotopic (exact) mass is 418 g/mol. The number of carbonyl (C=O) groups excluding carboxylic acids is 1. The molecule has 1 aliphatic heterocycles. The minimum absolute atomic E-state index is 0.00258. The Morgan fingerprint density at radius 3 is 2.65 bits per heavy atom. The quantitative estimate of drug-likeness (QED) is 0.785. The highest BCUT2D eigenvalue weighted by Crippen LogP contribution is 2.32. The van der Waals surface area contributed by atoms with Crippen LogP contribution >= 0.6 is 15.9 Å². The number of carbonyl (C=O) groups is 1. The zero-order valence-electron chi connectivity index (χ0n) is 14.7. The van der Waals surface area contributed by atoms with Gasteiger partial charge in [0.1, 0.15) is 6.04 Å². The number of rotatable bonds is 3. The summed E-state index contributed by atoms with van der Waals surface area (Å²) in [6, 6.07) is 7.97. The predicted octanol–water partition coefficient (Wildman–Crippen LogP) is 4.68. The third kappa shape index (κ3) is 3.77. The van der Waals surface area contributed by atoms with Gasteiger partial charge in [0.25, 0.3) is 0 Å². The van der Waals surface area contributed by atoms with Crippen LogP contribution in [0.15, 0.2) is 33.3 Å². The van der Waals surface area contributed by atoms with Crippen LogP contribution in [0.4, 0.5) is 4.79 Å². The van der Waals surface area contributed by atoms with Crippen molar-refractivity contribution in [2.24, 2.45) is 0 Å². The number of nitrogens with one attached hydrogen (secondary N) is 1. The van der Waals surface area contributed by atoms with E-state index in [-0.39, 0.29) is 12.1 Å². The lowest BCUT2D eigenvalue weighted by molar-refractivity contribution is 0.173. The number of amides is 2. The number of halogens is 1. The van der Waals surface area contributed by atoms with Crippen LogP contribution in [0.2, 0.25) is 0 Å². The zero-order valence-corrected chi connectivity index (χ0v) is 16.2. The molecule has 1 atom stereocenters. The Labute approximate surface area is 161 Å². The Balaban J connectivity index is 1.46. The van der Waals surface area contributed by atoms with Crippen LogP contribution in [0, 0.1) is 0 Å². The Morgan fingerprint density at radius 2 is 1.88 bits per heavy atom. The minimum Gasteiger partial charge on any atom is -0.337 e. The van der Waals surface area contributed by atoms with E-state index in [1.54, 1.807) is 0 Å². The Bertz CT molecular complexity index is 755. The summed E-state index contributed by atoms with van der Waals surface area (Å²) in [6.07, 6.45) is 7.67. The summed E-state index contributed by atoms with van der Waals surface area (Å²) in [7, 11) is 0. The van der Waals surface area contributed by atoms with E-state index in [1.165, 1.54) is 19.3 Å². The lowest BCUT2D eigenvalue weighted by Gasteiger charge is -2.28. The number of hydrogen-bond donors (Lipinski definition) is 1. The van der Waals surface area contributed by atoms with Gasteiger partial charge in [-0.3, -0.25) is 0 Å². The summed E-state index contributed by atoms with van der Waals surface area (Å²) in [5, 5.41) is 7.31. The van der Waals surface area contributed by atoms with Crippen molar-refractivity contribution in [1.82, 2.24) is 20.4 Å². The summed E-state index contributed by atoms with van der Waals surface area (Å²) >= 11 is 3.43. The second kappa shape index (κ2) is 7.78. The SMILES string of the molecule is O=C(NC1CCCCC1)N1CCCC1c1nc(-c2ccc(Br)cc2)no1. The number of hydrogen-bond acceptors (Lipinski definition) is 4. The van der Waals surface area contributed by atoms with Crippen molar-refractivity contribution >= 4 is 22.0 Å². The van der Waals surface area contributed by atoms with Crippen molar-refractivity contribution in [1.29, 1.82) is 0 Å². The number of benzene rings is 1. The van der Waals surface area contributed by atoms with E-state index in [1.807, 2.05) is 29.2 Å². The average molecular weight is 419 g/mol. The molecule has 0 bridgehead atoms. The summed E-state index contributed by atoms with van der Waals surface area (Å²) in [5.74, 6) is 1.09. The molecule has 6 nitrogen and oxygen atoms in total. The second-order valence-electron chi connectivity index (χ2n) is 7.10. The van der Waals surface area contributed by atoms with E-state index in [9.17, 15) is 4.79 Å². The van der Waals surface area contributed by atoms with Gasteiger partial charge >= 0.3 is 6.03 Å². The summed E-state index contributed by atoms with van der Waals surface area (Å²) in [5.41, 5.74) is 0.902. The number of urea groups is 1. The molecule has 1 N–H and O–H groups in total. The van der Waals surface area contributed by atoms with Crippen molar-refractivity contribution in [2.45, 2.75) is 57.0 Å². The first kappa shape index (κ1) is 17.5. The molecule has 1 aromatic heterocycles. The molecule has 1 unspecified atom stereocenters. The van der Waals surface area contributed by atoms with Gasteiger partial charge in [0.15, 0.2) is 0 Å². The Morgan fingerprint density at radius 1 is 1.12 bits per heavy atom. The first-order valence-electron chi connectivity index (χ1n) is 9.37. The molecule has 0 spiro atoms. The van der Waals surface area contributed by atoms with Crippen LogP contribution in [-0.2, 0) is 0 Å². The lowest BCUT2D eigenvalue weighted by atomic mass is 9.96. The fraction of sp³-hybridized carbons (Fsp3) is 0.526. The van der Waals surface area contributed by atoms with E-state index >= 15 is 0 Å². The molecule has 4 rings (SSSR count). The molecule has 1 aliphatic carbocycles. The molecule has 0 radical (unpaired) electrons. The maximum absolute atomic E-state index is 12.7. The highest BCUT2D eigenvalue weighted by Gasteiger charge is 2.35. The van der Waals surface area contributed by atoms with E-state index in [0.717, 1.165) is 42.3 Å². The molecule has 138 valence electrons. The average Bonchev–Trinajstić information content (AvgIpc) is 3.32. The topological polar surface area (TPSA) is 71.3 Å². The van der Waals surface area contributed by atoms with Gasteiger partial charge in [-0.1, -0.05) is 40.3 Å². The number of likely N-dealkylation sites (tertiary alicyclic amines) is 1. The highest BCUT2D eigenvalue weighted by atomic mass is 79.9. The van der Waals surface area contributed by atoms with Crippen LogP contribution < -0.4 is 5.32 Å². The largest absolute Gasteiger partial charge is 0.337 e. The van der Waals surface area contributed by atoms with Crippen LogP contribution in [0.25, 0.3) is 11.4 Å². The summed E-state index contributed by atoms with van der Waals surface area (Å²) < 4.78 is 6.51. The van der Waals surface area contributed by atoms with Crippen molar-refractivity contribution < 1.29 is 9.32 Å². The fourth-order valence-electron chi connectivity index (χ4n) is 3.86. The molecule has 7 heteroatoms. The van der Waals surface area contributed by atoms with Gasteiger partial charge in [-0.15, -0.1) is 0 Å². The molecular weight excluding hydrogens is 396 g/mol. The van der Waals surface area contributed by atoms with Crippen molar-refractivity contribution in [3.05, 3.63) is 34.6 Å². The second-order valence-corrected chi connectivity index (χ2v) is 8.01. The van der Waals surface area contributed by atoms with E-state index in [4.69, 9.17) is 4.52 Å². The predicted molar refractivity (Wildman–Crippen MR) is 102 cm³/mol. The molecule has 2 heterocycles. The van der Waals surface area contributed by atoms with Crippen LogP contribution in [0.3, 0.4) is 0 Å². The number of nitrogens with zero attached hydrogens (tertiary/aromatic N) is 3. The smallest absolute Gasteiger partial charge is 0.318 e.